The zero-order valence-electron chi connectivity index (χ0n) is 14.0. The van der Waals surface area contributed by atoms with Gasteiger partial charge in [-0.1, -0.05) is 18.2 Å². The molecule has 27 heavy (non-hydrogen) atoms. The van der Waals surface area contributed by atoms with Crippen molar-refractivity contribution in [1.82, 2.24) is 9.78 Å². The fourth-order valence-corrected chi connectivity index (χ4v) is 2.69. The molecule has 1 aliphatic heterocycles. The van der Waals surface area contributed by atoms with Crippen molar-refractivity contribution in [2.24, 2.45) is 0 Å². The number of anilines is 1. The number of ether oxygens (including phenoxy) is 2. The first-order valence-corrected chi connectivity index (χ1v) is 8.19. The summed E-state index contributed by atoms with van der Waals surface area (Å²) in [6, 6.07) is 13.3. The topological polar surface area (TPSA) is 82.5 Å². The zero-order valence-corrected chi connectivity index (χ0v) is 14.0. The molecule has 8 heteroatoms. The van der Waals surface area contributed by atoms with Crippen LogP contribution in [0.2, 0.25) is 0 Å². The third-order valence-corrected chi connectivity index (χ3v) is 3.93. The molecular weight excluding hydrogens is 353 g/mol. The summed E-state index contributed by atoms with van der Waals surface area (Å²) in [6.07, 6.45) is 0. The Labute approximate surface area is 153 Å². The van der Waals surface area contributed by atoms with Crippen LogP contribution in [0.4, 0.5) is 10.1 Å². The summed E-state index contributed by atoms with van der Waals surface area (Å²) >= 11 is 0. The minimum atomic E-state index is -0.618. The second-order valence-electron chi connectivity index (χ2n) is 5.70. The van der Waals surface area contributed by atoms with E-state index >= 15 is 0 Å². The molecule has 0 fully saturated rings. The quantitative estimate of drug-likeness (QED) is 0.769. The number of carbonyl (C=O) groups is 1. The number of benzene rings is 2. The van der Waals surface area contributed by atoms with Gasteiger partial charge in [0, 0.05) is 6.07 Å². The summed E-state index contributed by atoms with van der Waals surface area (Å²) in [5, 5.41) is 6.68. The van der Waals surface area contributed by atoms with Gasteiger partial charge in [0.25, 0.3) is 11.5 Å². The van der Waals surface area contributed by atoms with Gasteiger partial charge in [-0.25, -0.2) is 4.39 Å². The third-order valence-electron chi connectivity index (χ3n) is 3.93. The van der Waals surface area contributed by atoms with Crippen molar-refractivity contribution in [3.8, 4) is 17.2 Å². The van der Waals surface area contributed by atoms with Crippen molar-refractivity contribution in [2.75, 3.05) is 18.5 Å². The van der Waals surface area contributed by atoms with Crippen LogP contribution in [0.15, 0.2) is 59.4 Å². The lowest BCUT2D eigenvalue weighted by molar-refractivity contribution is 0.101. The second-order valence-corrected chi connectivity index (χ2v) is 5.70. The Balaban J connectivity index is 1.67. The van der Waals surface area contributed by atoms with Gasteiger partial charge in [0.05, 0.1) is 5.69 Å². The normalized spacial score (nSPS) is 12.5. The smallest absolute Gasteiger partial charge is 0.276 e. The van der Waals surface area contributed by atoms with Gasteiger partial charge in [-0.05, 0) is 30.3 Å². The van der Waals surface area contributed by atoms with E-state index in [4.69, 9.17) is 9.47 Å². The number of hydrogen-bond donors (Lipinski definition) is 1. The highest BCUT2D eigenvalue weighted by Gasteiger charge is 2.19. The molecule has 3 aromatic rings. The summed E-state index contributed by atoms with van der Waals surface area (Å²) < 4.78 is 25.9. The molecule has 136 valence electrons. The highest BCUT2D eigenvalue weighted by molar-refractivity contribution is 6.03. The molecule has 0 unspecified atom stereocenters. The van der Waals surface area contributed by atoms with E-state index in [2.05, 4.69) is 10.4 Å². The molecule has 0 saturated heterocycles. The first-order chi connectivity index (χ1) is 13.1. The standard InChI is InChI=1S/C19H14FN3O4/c20-12-4-1-2-6-15(12)23-17(24)9-8-14(22-23)19(25)21-13-5-3-7-16-18(13)27-11-10-26-16/h1-9H,10-11H2,(H,21,25). The maximum Gasteiger partial charge on any atom is 0.276 e. The maximum absolute atomic E-state index is 14.0. The summed E-state index contributed by atoms with van der Waals surface area (Å²) in [4.78, 5) is 24.7. The fourth-order valence-electron chi connectivity index (χ4n) is 2.69. The largest absolute Gasteiger partial charge is 0.486 e. The van der Waals surface area contributed by atoms with E-state index in [1.807, 2.05) is 0 Å². The monoisotopic (exact) mass is 367 g/mol. The van der Waals surface area contributed by atoms with E-state index < -0.39 is 17.3 Å². The van der Waals surface area contributed by atoms with Crippen molar-refractivity contribution in [3.05, 3.63) is 76.5 Å². The van der Waals surface area contributed by atoms with Crippen LogP contribution in [-0.2, 0) is 0 Å². The van der Waals surface area contributed by atoms with Crippen LogP contribution in [-0.4, -0.2) is 28.9 Å². The molecule has 1 N–H and O–H groups in total. The Morgan fingerprint density at radius 3 is 2.70 bits per heavy atom. The number of rotatable bonds is 3. The van der Waals surface area contributed by atoms with E-state index in [0.29, 0.717) is 30.4 Å². The van der Waals surface area contributed by atoms with Gasteiger partial charge in [-0.2, -0.15) is 9.78 Å². The highest BCUT2D eigenvalue weighted by Crippen LogP contribution is 2.37. The molecule has 0 saturated carbocycles. The molecule has 0 atom stereocenters. The van der Waals surface area contributed by atoms with Crippen LogP contribution in [0.3, 0.4) is 0 Å². The van der Waals surface area contributed by atoms with E-state index in [1.165, 1.54) is 24.3 Å². The first-order valence-electron chi connectivity index (χ1n) is 8.19. The summed E-state index contributed by atoms with van der Waals surface area (Å²) in [5.74, 6) is -0.224. The number of fused-ring (bicyclic) bond motifs is 1. The number of aromatic nitrogens is 2. The maximum atomic E-state index is 14.0. The van der Waals surface area contributed by atoms with Gasteiger partial charge < -0.3 is 14.8 Å². The first kappa shape index (κ1) is 16.8. The number of nitrogens with zero attached hydrogens (tertiary/aromatic N) is 2. The number of hydrogen-bond acceptors (Lipinski definition) is 5. The van der Waals surface area contributed by atoms with Crippen molar-refractivity contribution in [1.29, 1.82) is 0 Å². The lowest BCUT2D eigenvalue weighted by Crippen LogP contribution is -2.26. The van der Waals surface area contributed by atoms with Crippen LogP contribution < -0.4 is 20.3 Å². The fraction of sp³-hybridized carbons (Fsp3) is 0.105. The third kappa shape index (κ3) is 3.24. The number of nitrogens with one attached hydrogen (secondary N) is 1. The molecule has 1 aromatic heterocycles. The molecule has 0 aliphatic carbocycles. The molecule has 1 aliphatic rings. The van der Waals surface area contributed by atoms with Gasteiger partial charge in [0.1, 0.15) is 30.4 Å². The minimum Gasteiger partial charge on any atom is -0.486 e. The molecule has 1 amide bonds. The molecule has 0 bridgehead atoms. The predicted molar refractivity (Wildman–Crippen MR) is 95.2 cm³/mol. The molecule has 0 radical (unpaired) electrons. The molecule has 0 spiro atoms. The van der Waals surface area contributed by atoms with Crippen molar-refractivity contribution >= 4 is 11.6 Å². The predicted octanol–water partition coefficient (Wildman–Crippen LogP) is 2.40. The van der Waals surface area contributed by atoms with Crippen molar-refractivity contribution < 1.29 is 18.7 Å². The number of carbonyl (C=O) groups excluding carboxylic acids is 1. The van der Waals surface area contributed by atoms with Gasteiger partial charge in [0.2, 0.25) is 0 Å². The number of para-hydroxylation sites is 2. The Bertz CT molecular complexity index is 1080. The van der Waals surface area contributed by atoms with Crippen molar-refractivity contribution in [3.63, 3.8) is 0 Å². The number of halogens is 1. The van der Waals surface area contributed by atoms with Crippen LogP contribution in [0.1, 0.15) is 10.5 Å². The van der Waals surface area contributed by atoms with Gasteiger partial charge >= 0.3 is 0 Å². The Morgan fingerprint density at radius 2 is 1.85 bits per heavy atom. The van der Waals surface area contributed by atoms with E-state index in [0.717, 1.165) is 10.7 Å². The zero-order chi connectivity index (χ0) is 18.8. The highest BCUT2D eigenvalue weighted by atomic mass is 19.1. The summed E-state index contributed by atoms with van der Waals surface area (Å²) in [5.41, 5.74) is -0.216. The van der Waals surface area contributed by atoms with Gasteiger partial charge in [-0.15, -0.1) is 0 Å². The van der Waals surface area contributed by atoms with Crippen LogP contribution in [0.5, 0.6) is 11.5 Å². The van der Waals surface area contributed by atoms with Crippen LogP contribution in [0.25, 0.3) is 5.69 Å². The van der Waals surface area contributed by atoms with E-state index in [9.17, 15) is 14.0 Å². The molecular formula is C19H14FN3O4. The minimum absolute atomic E-state index is 0.0361. The van der Waals surface area contributed by atoms with Crippen LogP contribution in [0, 0.1) is 5.82 Å². The van der Waals surface area contributed by atoms with E-state index in [1.54, 1.807) is 24.3 Å². The van der Waals surface area contributed by atoms with Gasteiger partial charge in [-0.3, -0.25) is 9.59 Å². The Kier molecular flexibility index (Phi) is 4.29. The average molecular weight is 367 g/mol. The molecule has 7 nitrogen and oxygen atoms in total. The molecule has 2 aromatic carbocycles. The lowest BCUT2D eigenvalue weighted by Gasteiger charge is -2.21. The lowest BCUT2D eigenvalue weighted by atomic mass is 10.2. The van der Waals surface area contributed by atoms with Gasteiger partial charge in [0.15, 0.2) is 11.5 Å². The summed E-state index contributed by atoms with van der Waals surface area (Å²) in [7, 11) is 0. The Hall–Kier alpha value is -3.68. The SMILES string of the molecule is O=C(Nc1cccc2c1OCCO2)c1ccc(=O)n(-c2ccccc2F)n1. The van der Waals surface area contributed by atoms with E-state index in [-0.39, 0.29) is 11.4 Å². The van der Waals surface area contributed by atoms with Crippen molar-refractivity contribution in [2.45, 2.75) is 0 Å². The second kappa shape index (κ2) is 6.91. The average Bonchev–Trinajstić information content (AvgIpc) is 2.69. The Morgan fingerprint density at radius 1 is 1.04 bits per heavy atom. The molecule has 2 heterocycles. The van der Waals surface area contributed by atoms with Crippen LogP contribution >= 0.6 is 0 Å². The summed E-state index contributed by atoms with van der Waals surface area (Å²) in [6.45, 7) is 0.801. The molecule has 4 rings (SSSR count). The number of amides is 1.